The van der Waals surface area contributed by atoms with Gasteiger partial charge in [0.15, 0.2) is 5.78 Å². The predicted molar refractivity (Wildman–Crippen MR) is 216 cm³/mol. The first kappa shape index (κ1) is 35.7. The molecule has 276 valence electrons. The maximum Gasteiger partial charge on any atom is 0.247 e. The number of rotatable bonds is 11. The van der Waals surface area contributed by atoms with Gasteiger partial charge in [-0.1, -0.05) is 109 Å². The van der Waals surface area contributed by atoms with Gasteiger partial charge in [0.1, 0.15) is 6.04 Å². The van der Waals surface area contributed by atoms with Crippen LogP contribution in [0.2, 0.25) is 0 Å². The fourth-order valence-electron chi connectivity index (χ4n) is 8.22. The molecule has 6 aromatic rings. The molecule has 2 aliphatic rings. The minimum atomic E-state index is -0.498. The molecular weight excluding hydrogens is 685 g/mol. The van der Waals surface area contributed by atoms with Crippen LogP contribution in [-0.4, -0.2) is 63.5 Å². The van der Waals surface area contributed by atoms with Gasteiger partial charge in [-0.25, -0.2) is 0 Å². The summed E-state index contributed by atoms with van der Waals surface area (Å²) in [6, 6.07) is 42.5. The number of amides is 3. The van der Waals surface area contributed by atoms with Crippen molar-refractivity contribution < 1.29 is 19.2 Å². The number of likely N-dealkylation sites (tertiary alicyclic amines) is 2. The fraction of sp³-hybridized carbons (Fsp3) is 0.234. The van der Waals surface area contributed by atoms with Crippen LogP contribution < -0.4 is 5.32 Å². The van der Waals surface area contributed by atoms with Crippen LogP contribution in [0.3, 0.4) is 0 Å². The van der Waals surface area contributed by atoms with Gasteiger partial charge < -0.3 is 20.1 Å². The summed E-state index contributed by atoms with van der Waals surface area (Å²) in [4.78, 5) is 60.8. The number of Topliss-reactive ketones (excluding diaryl/α,β-unsaturated/α-hetero) is 1. The Balaban J connectivity index is 0.998. The molecule has 3 heterocycles. The average Bonchev–Trinajstić information content (AvgIpc) is 3.99. The van der Waals surface area contributed by atoms with E-state index in [-0.39, 0.29) is 36.3 Å². The van der Waals surface area contributed by atoms with E-state index in [9.17, 15) is 19.2 Å². The van der Waals surface area contributed by atoms with E-state index in [1.807, 2.05) is 115 Å². The molecule has 8 heteroatoms. The molecule has 2 N–H and O–H groups in total. The molecule has 55 heavy (non-hydrogen) atoms. The lowest BCUT2D eigenvalue weighted by atomic mass is 9.95. The molecule has 2 aliphatic heterocycles. The zero-order valence-electron chi connectivity index (χ0n) is 30.7. The third kappa shape index (κ3) is 7.85. The van der Waals surface area contributed by atoms with Gasteiger partial charge in [0, 0.05) is 41.7 Å². The Bertz CT molecular complexity index is 2320. The highest BCUT2D eigenvalue weighted by atomic mass is 16.2. The van der Waals surface area contributed by atoms with Crippen molar-refractivity contribution >= 4 is 40.1 Å². The van der Waals surface area contributed by atoms with Crippen LogP contribution in [0.15, 0.2) is 133 Å². The number of nitrogens with one attached hydrogen (secondary N) is 2. The molecular formula is C47H44N4O4. The van der Waals surface area contributed by atoms with Crippen molar-refractivity contribution in [3.8, 4) is 22.4 Å². The minimum Gasteiger partial charge on any atom is -0.354 e. The number of aromatic amines is 1. The smallest absolute Gasteiger partial charge is 0.247 e. The number of carbonyl (C=O) groups excluding carboxylic acids is 4. The Morgan fingerprint density at radius 2 is 1.15 bits per heavy atom. The molecule has 5 aromatic carbocycles. The van der Waals surface area contributed by atoms with Crippen molar-refractivity contribution in [2.75, 3.05) is 18.4 Å². The van der Waals surface area contributed by atoms with Crippen molar-refractivity contribution in [2.45, 2.75) is 57.0 Å². The number of ketones is 1. The summed E-state index contributed by atoms with van der Waals surface area (Å²) < 4.78 is 0. The quantitative estimate of drug-likeness (QED) is 0.141. The highest BCUT2D eigenvalue weighted by Gasteiger charge is 2.35. The largest absolute Gasteiger partial charge is 0.354 e. The van der Waals surface area contributed by atoms with E-state index in [1.165, 1.54) is 0 Å². The predicted octanol–water partition coefficient (Wildman–Crippen LogP) is 8.02. The second-order valence-corrected chi connectivity index (χ2v) is 14.6. The number of nitrogens with zero attached hydrogens (tertiary/aromatic N) is 2. The van der Waals surface area contributed by atoms with Gasteiger partial charge in [-0.05, 0) is 77.8 Å². The maximum atomic E-state index is 13.8. The molecule has 0 radical (unpaired) electrons. The van der Waals surface area contributed by atoms with Crippen LogP contribution in [-0.2, 0) is 38.4 Å². The van der Waals surface area contributed by atoms with Crippen LogP contribution >= 0.6 is 0 Å². The van der Waals surface area contributed by atoms with Crippen molar-refractivity contribution in [3.63, 3.8) is 0 Å². The lowest BCUT2D eigenvalue weighted by molar-refractivity contribution is -0.136. The number of hydrogen-bond acceptors (Lipinski definition) is 4. The van der Waals surface area contributed by atoms with Crippen LogP contribution in [0.25, 0.3) is 33.3 Å². The number of H-pyrrole nitrogens is 1. The fourth-order valence-corrected chi connectivity index (χ4v) is 8.22. The van der Waals surface area contributed by atoms with E-state index in [2.05, 4.69) is 28.5 Å². The van der Waals surface area contributed by atoms with E-state index >= 15 is 0 Å². The zero-order valence-corrected chi connectivity index (χ0v) is 30.7. The molecule has 8 rings (SSSR count). The van der Waals surface area contributed by atoms with Gasteiger partial charge in [-0.2, -0.15) is 0 Å². The SMILES string of the molecule is O=C(Cc1ccc2[nH]c(-c3ccc(NC(=O)[C@@H]4CCCN4C(=O)Cc4ccccc4)cc3)c(-c3ccccc3)c2c1)[C@@H]1CCCN1C(=O)Cc1ccccc1. The van der Waals surface area contributed by atoms with Crippen molar-refractivity contribution in [3.05, 3.63) is 150 Å². The molecule has 0 saturated carbocycles. The second-order valence-electron chi connectivity index (χ2n) is 14.6. The van der Waals surface area contributed by atoms with Crippen molar-refractivity contribution in [2.24, 2.45) is 0 Å². The third-order valence-electron chi connectivity index (χ3n) is 11.0. The van der Waals surface area contributed by atoms with E-state index in [4.69, 9.17) is 0 Å². The van der Waals surface area contributed by atoms with Gasteiger partial charge in [-0.3, -0.25) is 19.2 Å². The molecule has 2 atom stereocenters. The highest BCUT2D eigenvalue weighted by molar-refractivity contribution is 6.05. The van der Waals surface area contributed by atoms with Gasteiger partial charge in [0.2, 0.25) is 17.7 Å². The zero-order chi connectivity index (χ0) is 37.7. The topological polar surface area (TPSA) is 103 Å². The highest BCUT2D eigenvalue weighted by Crippen LogP contribution is 2.39. The van der Waals surface area contributed by atoms with Crippen LogP contribution in [0.1, 0.15) is 42.4 Å². The van der Waals surface area contributed by atoms with Crippen LogP contribution in [0.5, 0.6) is 0 Å². The summed E-state index contributed by atoms with van der Waals surface area (Å²) in [6.45, 7) is 1.19. The van der Waals surface area contributed by atoms with Crippen LogP contribution in [0.4, 0.5) is 5.69 Å². The Morgan fingerprint density at radius 1 is 0.582 bits per heavy atom. The lowest BCUT2D eigenvalue weighted by Gasteiger charge is -2.24. The normalized spacial score (nSPS) is 16.7. The van der Waals surface area contributed by atoms with Gasteiger partial charge in [-0.15, -0.1) is 0 Å². The van der Waals surface area contributed by atoms with Crippen molar-refractivity contribution in [1.82, 2.24) is 14.8 Å². The Hall–Kier alpha value is -6.28. The van der Waals surface area contributed by atoms with Gasteiger partial charge in [0.25, 0.3) is 0 Å². The molecule has 0 bridgehead atoms. The molecule has 0 spiro atoms. The molecule has 2 saturated heterocycles. The summed E-state index contributed by atoms with van der Waals surface area (Å²) in [5.74, 6) is -0.146. The summed E-state index contributed by atoms with van der Waals surface area (Å²) in [6.07, 6.45) is 3.77. The van der Waals surface area contributed by atoms with E-state index < -0.39 is 12.1 Å². The maximum absolute atomic E-state index is 13.8. The van der Waals surface area contributed by atoms with Crippen molar-refractivity contribution in [1.29, 1.82) is 0 Å². The molecule has 0 aliphatic carbocycles. The van der Waals surface area contributed by atoms with E-state index in [1.54, 1.807) is 9.80 Å². The second kappa shape index (κ2) is 16.0. The number of benzene rings is 5. The Labute approximate surface area is 321 Å². The number of anilines is 1. The summed E-state index contributed by atoms with van der Waals surface area (Å²) in [7, 11) is 0. The third-order valence-corrected chi connectivity index (χ3v) is 11.0. The van der Waals surface area contributed by atoms with Gasteiger partial charge >= 0.3 is 0 Å². The van der Waals surface area contributed by atoms with E-state index in [0.717, 1.165) is 62.8 Å². The number of carbonyl (C=O) groups is 4. The monoisotopic (exact) mass is 728 g/mol. The standard InChI is InChI=1S/C47H44N4O4/c52-42(40-18-10-26-50(40)43(53)30-32-12-4-1-5-13-32)29-34-20-25-39-38(28-34)45(35-16-8-3-9-17-35)46(49-39)36-21-23-37(24-22-36)48-47(55)41-19-11-27-51(41)44(54)31-33-14-6-2-7-15-33/h1-9,12-17,20-25,28,40-41,49H,10-11,18-19,26-27,29-31H2,(H,48,55)/t40-,41-/m0/s1. The Morgan fingerprint density at radius 3 is 1.76 bits per heavy atom. The molecule has 0 unspecified atom stereocenters. The molecule has 1 aromatic heterocycles. The summed E-state index contributed by atoms with van der Waals surface area (Å²) in [5.41, 5.74) is 8.37. The molecule has 8 nitrogen and oxygen atoms in total. The number of hydrogen-bond donors (Lipinski definition) is 2. The van der Waals surface area contributed by atoms with Gasteiger partial charge in [0.05, 0.1) is 24.6 Å². The molecule has 2 fully saturated rings. The first-order valence-electron chi connectivity index (χ1n) is 19.2. The minimum absolute atomic E-state index is 0.000766. The first-order chi connectivity index (χ1) is 26.9. The van der Waals surface area contributed by atoms with Crippen LogP contribution in [0, 0.1) is 0 Å². The van der Waals surface area contributed by atoms with E-state index in [0.29, 0.717) is 38.0 Å². The summed E-state index contributed by atoms with van der Waals surface area (Å²) >= 11 is 0. The average molecular weight is 729 g/mol. The first-order valence-corrected chi connectivity index (χ1v) is 19.2. The molecule has 3 amide bonds. The lowest BCUT2D eigenvalue weighted by Crippen LogP contribution is -2.43. The number of fused-ring (bicyclic) bond motifs is 1. The Kier molecular flexibility index (Phi) is 10.4. The number of aromatic nitrogens is 1. The summed E-state index contributed by atoms with van der Waals surface area (Å²) in [5, 5.41) is 4.06.